The van der Waals surface area contributed by atoms with Gasteiger partial charge in [0, 0.05) is 25.5 Å². The third kappa shape index (κ3) is 1.16. The largest absolute Gasteiger partial charge is 0.369 e. The van der Waals surface area contributed by atoms with E-state index in [-0.39, 0.29) is 0 Å². The molecule has 3 heterocycles. The number of nitrogen functional groups attached to an aromatic ring is 1. The van der Waals surface area contributed by atoms with Gasteiger partial charge in [0.05, 0.1) is 11.7 Å². The van der Waals surface area contributed by atoms with Gasteiger partial charge >= 0.3 is 0 Å². The van der Waals surface area contributed by atoms with Crippen LogP contribution in [0.3, 0.4) is 0 Å². The van der Waals surface area contributed by atoms with Gasteiger partial charge in [-0.25, -0.2) is 4.98 Å². The molecule has 0 spiro atoms. The van der Waals surface area contributed by atoms with Crippen LogP contribution in [0, 0.1) is 0 Å². The van der Waals surface area contributed by atoms with Crippen LogP contribution in [-0.4, -0.2) is 24.3 Å². The smallest absolute Gasteiger partial charge is 0.207 e. The normalized spacial score (nSPS) is 11.1. The van der Waals surface area contributed by atoms with Crippen LogP contribution in [-0.2, 0) is 7.05 Å². The molecule has 0 amide bonds. The molecule has 0 aliphatic heterocycles. The van der Waals surface area contributed by atoms with Crippen LogP contribution in [0.25, 0.3) is 16.9 Å². The van der Waals surface area contributed by atoms with Gasteiger partial charge in [-0.1, -0.05) is 0 Å². The van der Waals surface area contributed by atoms with Crippen molar-refractivity contribution in [2.75, 3.05) is 5.73 Å². The van der Waals surface area contributed by atoms with Crippen LogP contribution < -0.4 is 5.73 Å². The summed E-state index contributed by atoms with van der Waals surface area (Å²) in [4.78, 5) is 8.24. The number of aryl methyl sites for hydroxylation is 1. The minimum atomic E-state index is 0.418. The molecule has 3 rings (SSSR count). The zero-order valence-corrected chi connectivity index (χ0v) is 8.70. The second-order valence-electron chi connectivity index (χ2n) is 3.52. The van der Waals surface area contributed by atoms with Crippen molar-refractivity contribution in [3.8, 4) is 5.82 Å². The molecular formula is C10H10N6. The predicted molar refractivity (Wildman–Crippen MR) is 60.0 cm³/mol. The topological polar surface area (TPSA) is 74.5 Å². The summed E-state index contributed by atoms with van der Waals surface area (Å²) in [6.07, 6.45) is 5.26. The SMILES string of the molecule is Cn1ccc(-n2c(N)nc3cnccc32)n1. The summed E-state index contributed by atoms with van der Waals surface area (Å²) in [5, 5.41) is 4.30. The number of anilines is 1. The number of pyridine rings is 1. The lowest BCUT2D eigenvalue weighted by molar-refractivity contribution is 0.754. The highest BCUT2D eigenvalue weighted by atomic mass is 15.3. The quantitative estimate of drug-likeness (QED) is 0.648. The molecule has 3 aromatic heterocycles. The van der Waals surface area contributed by atoms with Gasteiger partial charge in [-0.3, -0.25) is 14.2 Å². The van der Waals surface area contributed by atoms with Crippen molar-refractivity contribution in [1.29, 1.82) is 0 Å². The number of hydrogen-bond donors (Lipinski definition) is 1. The number of hydrogen-bond acceptors (Lipinski definition) is 4. The summed E-state index contributed by atoms with van der Waals surface area (Å²) in [5.41, 5.74) is 7.55. The van der Waals surface area contributed by atoms with E-state index in [1.807, 2.05) is 25.4 Å². The van der Waals surface area contributed by atoms with Crippen molar-refractivity contribution in [2.24, 2.45) is 7.05 Å². The fraction of sp³-hybridized carbons (Fsp3) is 0.100. The minimum Gasteiger partial charge on any atom is -0.369 e. The Kier molecular flexibility index (Phi) is 1.70. The van der Waals surface area contributed by atoms with E-state index in [1.165, 1.54) is 0 Å². The maximum atomic E-state index is 5.87. The second kappa shape index (κ2) is 3.06. The summed E-state index contributed by atoms with van der Waals surface area (Å²) >= 11 is 0. The predicted octanol–water partition coefficient (Wildman–Crippen LogP) is 0.736. The first-order valence-electron chi connectivity index (χ1n) is 4.83. The van der Waals surface area contributed by atoms with E-state index in [0.29, 0.717) is 5.95 Å². The maximum absolute atomic E-state index is 5.87. The molecule has 6 nitrogen and oxygen atoms in total. The molecule has 0 fully saturated rings. The van der Waals surface area contributed by atoms with Gasteiger partial charge in [-0.2, -0.15) is 5.10 Å². The number of imidazole rings is 1. The van der Waals surface area contributed by atoms with Crippen LogP contribution in [0.4, 0.5) is 5.95 Å². The van der Waals surface area contributed by atoms with E-state index in [2.05, 4.69) is 15.1 Å². The molecule has 80 valence electrons. The molecule has 6 heteroatoms. The fourth-order valence-corrected chi connectivity index (χ4v) is 1.71. The van der Waals surface area contributed by atoms with E-state index in [4.69, 9.17) is 5.73 Å². The average molecular weight is 214 g/mol. The van der Waals surface area contributed by atoms with Crippen molar-refractivity contribution in [3.63, 3.8) is 0 Å². The first-order chi connectivity index (χ1) is 7.75. The molecule has 3 aromatic rings. The van der Waals surface area contributed by atoms with Gasteiger partial charge in [0.2, 0.25) is 5.95 Å². The number of nitrogens with zero attached hydrogens (tertiary/aromatic N) is 5. The highest BCUT2D eigenvalue weighted by Gasteiger charge is 2.11. The van der Waals surface area contributed by atoms with E-state index >= 15 is 0 Å². The Hall–Kier alpha value is -2.37. The number of fused-ring (bicyclic) bond motifs is 1. The van der Waals surface area contributed by atoms with Gasteiger partial charge in [-0.05, 0) is 6.07 Å². The van der Waals surface area contributed by atoms with Crippen LogP contribution in [0.15, 0.2) is 30.7 Å². The standard InChI is InChI=1S/C10H10N6/c1-15-5-3-9(14-15)16-8-2-4-12-6-7(8)13-10(16)11/h2-6H,1H3,(H2,11,13). The van der Waals surface area contributed by atoms with Gasteiger partial charge < -0.3 is 5.73 Å². The van der Waals surface area contributed by atoms with Crippen molar-refractivity contribution in [3.05, 3.63) is 30.7 Å². The third-order valence-corrected chi connectivity index (χ3v) is 2.41. The third-order valence-electron chi connectivity index (χ3n) is 2.41. The molecule has 0 atom stereocenters. The Morgan fingerprint density at radius 1 is 1.31 bits per heavy atom. The van der Waals surface area contributed by atoms with Gasteiger partial charge in [0.15, 0.2) is 5.82 Å². The number of aromatic nitrogens is 5. The van der Waals surface area contributed by atoms with Gasteiger partial charge in [0.1, 0.15) is 5.52 Å². The molecule has 0 aliphatic rings. The van der Waals surface area contributed by atoms with Crippen LogP contribution in [0.2, 0.25) is 0 Å². The molecule has 16 heavy (non-hydrogen) atoms. The summed E-state index contributed by atoms with van der Waals surface area (Å²) in [5.74, 6) is 1.18. The van der Waals surface area contributed by atoms with Crippen molar-refractivity contribution >= 4 is 17.0 Å². The molecule has 0 aliphatic carbocycles. The Morgan fingerprint density at radius 2 is 2.19 bits per heavy atom. The molecule has 0 unspecified atom stereocenters. The van der Waals surface area contributed by atoms with E-state index in [0.717, 1.165) is 16.9 Å². The molecule has 0 radical (unpaired) electrons. The molecule has 0 bridgehead atoms. The molecular weight excluding hydrogens is 204 g/mol. The molecule has 0 saturated carbocycles. The van der Waals surface area contributed by atoms with Crippen molar-refractivity contribution in [1.82, 2.24) is 24.3 Å². The van der Waals surface area contributed by atoms with E-state index in [9.17, 15) is 0 Å². The lowest BCUT2D eigenvalue weighted by Crippen LogP contribution is -2.02. The van der Waals surface area contributed by atoms with Crippen LogP contribution >= 0.6 is 0 Å². The maximum Gasteiger partial charge on any atom is 0.207 e. The van der Waals surface area contributed by atoms with E-state index in [1.54, 1.807) is 21.6 Å². The molecule has 0 saturated heterocycles. The Morgan fingerprint density at radius 3 is 2.94 bits per heavy atom. The monoisotopic (exact) mass is 214 g/mol. The van der Waals surface area contributed by atoms with Crippen LogP contribution in [0.5, 0.6) is 0 Å². The van der Waals surface area contributed by atoms with Crippen molar-refractivity contribution in [2.45, 2.75) is 0 Å². The second-order valence-corrected chi connectivity index (χ2v) is 3.52. The van der Waals surface area contributed by atoms with Gasteiger partial charge in [-0.15, -0.1) is 0 Å². The summed E-state index contributed by atoms with van der Waals surface area (Å²) in [6.45, 7) is 0. The first-order valence-corrected chi connectivity index (χ1v) is 4.83. The highest BCUT2D eigenvalue weighted by molar-refractivity contribution is 5.79. The van der Waals surface area contributed by atoms with E-state index < -0.39 is 0 Å². The summed E-state index contributed by atoms with van der Waals surface area (Å²) < 4.78 is 3.53. The molecule has 2 N–H and O–H groups in total. The lowest BCUT2D eigenvalue weighted by Gasteiger charge is -2.00. The highest BCUT2D eigenvalue weighted by Crippen LogP contribution is 2.20. The zero-order chi connectivity index (χ0) is 11.1. The first kappa shape index (κ1) is 8.90. The zero-order valence-electron chi connectivity index (χ0n) is 8.70. The summed E-state index contributed by atoms with van der Waals surface area (Å²) in [7, 11) is 1.86. The minimum absolute atomic E-state index is 0.418. The Bertz CT molecular complexity index is 650. The number of rotatable bonds is 1. The Labute approximate surface area is 91.3 Å². The van der Waals surface area contributed by atoms with Gasteiger partial charge in [0.25, 0.3) is 0 Å². The molecule has 0 aromatic carbocycles. The Balaban J connectivity index is 2.34. The van der Waals surface area contributed by atoms with Crippen molar-refractivity contribution < 1.29 is 0 Å². The average Bonchev–Trinajstić information content (AvgIpc) is 2.80. The lowest BCUT2D eigenvalue weighted by atomic mass is 10.4. The number of nitrogens with two attached hydrogens (primary N) is 1. The fourth-order valence-electron chi connectivity index (χ4n) is 1.71. The van der Waals surface area contributed by atoms with Crippen LogP contribution in [0.1, 0.15) is 0 Å². The summed E-state index contributed by atoms with van der Waals surface area (Å²) in [6, 6.07) is 3.76.